The Morgan fingerprint density at radius 1 is 1.30 bits per heavy atom. The highest BCUT2D eigenvalue weighted by atomic mass is 16.5. The lowest BCUT2D eigenvalue weighted by Crippen LogP contribution is -2.46. The van der Waals surface area contributed by atoms with Crippen molar-refractivity contribution in [3.63, 3.8) is 0 Å². The van der Waals surface area contributed by atoms with Gasteiger partial charge in [0.1, 0.15) is 6.04 Å². The van der Waals surface area contributed by atoms with E-state index in [1.165, 1.54) is 30.2 Å². The van der Waals surface area contributed by atoms with Crippen molar-refractivity contribution in [1.82, 2.24) is 5.32 Å². The summed E-state index contributed by atoms with van der Waals surface area (Å²) in [4.78, 5) is 23.6. The summed E-state index contributed by atoms with van der Waals surface area (Å²) in [5, 5.41) is 2.53. The molecule has 1 aliphatic rings. The zero-order chi connectivity index (χ0) is 20.8. The van der Waals surface area contributed by atoms with Gasteiger partial charge in [-0.1, -0.05) is 25.5 Å². The highest BCUT2D eigenvalue weighted by Crippen LogP contribution is 2.44. The Hall–Kier alpha value is -1.88. The van der Waals surface area contributed by atoms with Crippen molar-refractivity contribution in [3.8, 4) is 0 Å². The number of ether oxygens (including phenoxy) is 1. The third-order valence-corrected chi connectivity index (χ3v) is 5.63. The monoisotopic (exact) mass is 376 g/mol. The van der Waals surface area contributed by atoms with Gasteiger partial charge in [-0.25, -0.2) is 4.79 Å². The lowest BCUT2D eigenvalue weighted by Gasteiger charge is -2.36. The van der Waals surface area contributed by atoms with Crippen LogP contribution in [0.2, 0.25) is 0 Å². The fraction of sp³-hybridized carbons (Fsp3) is 0.636. The van der Waals surface area contributed by atoms with Crippen LogP contribution >= 0.6 is 0 Å². The van der Waals surface area contributed by atoms with Gasteiger partial charge in [0.2, 0.25) is 5.91 Å². The number of carbonyl (C=O) groups is 2. The molecule has 0 bridgehead atoms. The number of rotatable bonds is 7. The molecule has 27 heavy (non-hydrogen) atoms. The van der Waals surface area contributed by atoms with E-state index in [1.807, 2.05) is 13.8 Å². The predicted octanol–water partition coefficient (Wildman–Crippen LogP) is 4.15. The van der Waals surface area contributed by atoms with Crippen LogP contribution in [0, 0.1) is 5.41 Å². The average Bonchev–Trinajstić information content (AvgIpc) is 2.62. The van der Waals surface area contributed by atoms with Crippen molar-refractivity contribution in [3.05, 3.63) is 34.6 Å². The van der Waals surface area contributed by atoms with E-state index in [0.29, 0.717) is 0 Å². The molecule has 0 aliphatic heterocycles. The first-order chi connectivity index (χ1) is 12.5. The minimum Gasteiger partial charge on any atom is -0.433 e. The summed E-state index contributed by atoms with van der Waals surface area (Å²) >= 11 is 0. The highest BCUT2D eigenvalue weighted by molar-refractivity contribution is 5.87. The molecule has 1 rings (SSSR count). The van der Waals surface area contributed by atoms with Gasteiger partial charge in [-0.2, -0.15) is 0 Å². The van der Waals surface area contributed by atoms with Gasteiger partial charge in [0, 0.05) is 0 Å². The number of nitrogens with one attached hydrogen (secondary N) is 1. The molecular weight excluding hydrogens is 340 g/mol. The first-order valence-corrected chi connectivity index (χ1v) is 9.84. The van der Waals surface area contributed by atoms with Gasteiger partial charge in [0.15, 0.2) is 0 Å². The lowest BCUT2D eigenvalue weighted by molar-refractivity contribution is -0.142. The Kier molecular flexibility index (Phi) is 8.48. The van der Waals surface area contributed by atoms with Gasteiger partial charge in [-0.3, -0.25) is 4.79 Å². The highest BCUT2D eigenvalue weighted by Gasteiger charge is 2.30. The Morgan fingerprint density at radius 2 is 1.93 bits per heavy atom. The number of amides is 1. The summed E-state index contributed by atoms with van der Waals surface area (Å²) in [6.07, 6.45) is 8.39. The molecule has 3 atom stereocenters. The molecule has 0 radical (unpaired) electrons. The number of nitrogens with two attached hydrogens (primary N) is 1. The van der Waals surface area contributed by atoms with E-state index in [0.717, 1.165) is 24.0 Å². The van der Waals surface area contributed by atoms with E-state index in [2.05, 4.69) is 32.2 Å². The Balaban J connectivity index is 2.85. The van der Waals surface area contributed by atoms with Crippen molar-refractivity contribution >= 4 is 11.9 Å². The standard InChI is InChI=1S/C22H36N2O3/c1-8-22(7)11-9-10-14(2)19(22)12-15(3)16(4)13-27-21(26)18(6)24-20(25)17(5)23/h12-13,17-18H,8-11,23H2,1-7H3,(H,24,25)/b15-12+,16-13+/t17?,18-,22?/m0/s1. The van der Waals surface area contributed by atoms with Crippen LogP contribution in [0.4, 0.5) is 0 Å². The SMILES string of the molecule is CCC1(C)CCCC(C)=C1/C=C(C)/C(C)=C/OC(=O)[C@H](C)NC(=O)C(C)N. The quantitative estimate of drug-likeness (QED) is 0.397. The van der Waals surface area contributed by atoms with Crippen LogP contribution in [0.1, 0.15) is 74.1 Å². The molecule has 1 aliphatic carbocycles. The normalized spacial score (nSPS) is 23.7. The number of allylic oxidation sites excluding steroid dienone is 5. The minimum absolute atomic E-state index is 0.207. The second-order valence-corrected chi connectivity index (χ2v) is 8.05. The Bertz CT molecular complexity index is 658. The van der Waals surface area contributed by atoms with Crippen LogP contribution in [0.3, 0.4) is 0 Å². The van der Waals surface area contributed by atoms with Gasteiger partial charge >= 0.3 is 5.97 Å². The van der Waals surface area contributed by atoms with E-state index in [9.17, 15) is 9.59 Å². The molecule has 0 heterocycles. The second kappa shape index (κ2) is 9.88. The molecule has 0 spiro atoms. The van der Waals surface area contributed by atoms with Crippen LogP contribution in [0.25, 0.3) is 0 Å². The molecule has 3 N–H and O–H groups in total. The zero-order valence-electron chi connectivity index (χ0n) is 17.9. The van der Waals surface area contributed by atoms with E-state index in [1.54, 1.807) is 13.8 Å². The molecule has 0 saturated heterocycles. The molecule has 0 fully saturated rings. The molecule has 1 amide bonds. The maximum Gasteiger partial charge on any atom is 0.333 e. The fourth-order valence-corrected chi connectivity index (χ4v) is 3.27. The molecule has 5 heteroatoms. The van der Waals surface area contributed by atoms with E-state index >= 15 is 0 Å². The van der Waals surface area contributed by atoms with Crippen LogP contribution in [0.15, 0.2) is 34.6 Å². The van der Waals surface area contributed by atoms with E-state index < -0.39 is 18.1 Å². The van der Waals surface area contributed by atoms with Crippen LogP contribution in [0.5, 0.6) is 0 Å². The van der Waals surface area contributed by atoms with E-state index in [4.69, 9.17) is 10.5 Å². The minimum atomic E-state index is -0.747. The van der Waals surface area contributed by atoms with Crippen molar-refractivity contribution in [1.29, 1.82) is 0 Å². The third-order valence-electron chi connectivity index (χ3n) is 5.63. The fourth-order valence-electron chi connectivity index (χ4n) is 3.27. The second-order valence-electron chi connectivity index (χ2n) is 8.05. The summed E-state index contributed by atoms with van der Waals surface area (Å²) in [7, 11) is 0. The molecule has 2 unspecified atom stereocenters. The van der Waals surface area contributed by atoms with E-state index in [-0.39, 0.29) is 11.3 Å². The smallest absolute Gasteiger partial charge is 0.333 e. The lowest BCUT2D eigenvalue weighted by atomic mass is 9.69. The average molecular weight is 377 g/mol. The molecule has 152 valence electrons. The largest absolute Gasteiger partial charge is 0.433 e. The van der Waals surface area contributed by atoms with Crippen LogP contribution < -0.4 is 11.1 Å². The Labute approximate surface area is 164 Å². The van der Waals surface area contributed by atoms with Gasteiger partial charge in [0.05, 0.1) is 12.3 Å². The maximum absolute atomic E-state index is 12.1. The van der Waals surface area contributed by atoms with Crippen LogP contribution in [-0.2, 0) is 14.3 Å². The summed E-state index contributed by atoms with van der Waals surface area (Å²) in [5.41, 5.74) is 10.5. The predicted molar refractivity (Wildman–Crippen MR) is 110 cm³/mol. The molecule has 0 aromatic carbocycles. The maximum atomic E-state index is 12.1. The van der Waals surface area contributed by atoms with Gasteiger partial charge in [0.25, 0.3) is 0 Å². The molecular formula is C22H36N2O3. The number of hydrogen-bond acceptors (Lipinski definition) is 4. The first kappa shape index (κ1) is 23.2. The molecule has 0 aromatic rings. The summed E-state index contributed by atoms with van der Waals surface area (Å²) in [6, 6.07) is -1.41. The molecule has 0 saturated carbocycles. The van der Waals surface area contributed by atoms with Crippen molar-refractivity contribution in [2.45, 2.75) is 86.2 Å². The van der Waals surface area contributed by atoms with Crippen molar-refractivity contribution in [2.75, 3.05) is 0 Å². The van der Waals surface area contributed by atoms with Crippen LogP contribution in [-0.4, -0.2) is 24.0 Å². The van der Waals surface area contributed by atoms with Gasteiger partial charge < -0.3 is 15.8 Å². The first-order valence-electron chi connectivity index (χ1n) is 9.84. The summed E-state index contributed by atoms with van der Waals surface area (Å²) < 4.78 is 5.25. The Morgan fingerprint density at radius 3 is 2.48 bits per heavy atom. The topological polar surface area (TPSA) is 81.4 Å². The van der Waals surface area contributed by atoms with Gasteiger partial charge in [-0.15, -0.1) is 0 Å². The summed E-state index contributed by atoms with van der Waals surface area (Å²) in [6.45, 7) is 13.9. The van der Waals surface area contributed by atoms with Gasteiger partial charge in [-0.05, 0) is 82.4 Å². The third kappa shape index (κ3) is 6.35. The number of esters is 1. The van der Waals surface area contributed by atoms with Crippen molar-refractivity contribution in [2.24, 2.45) is 11.1 Å². The molecule has 0 aromatic heterocycles. The number of carbonyl (C=O) groups excluding carboxylic acids is 2. The molecule has 5 nitrogen and oxygen atoms in total. The zero-order valence-corrected chi connectivity index (χ0v) is 17.9. The summed E-state index contributed by atoms with van der Waals surface area (Å²) in [5.74, 6) is -0.891. The number of hydrogen-bond donors (Lipinski definition) is 2. The van der Waals surface area contributed by atoms with Crippen molar-refractivity contribution < 1.29 is 14.3 Å².